The summed E-state index contributed by atoms with van der Waals surface area (Å²) in [6.45, 7) is 3.66. The van der Waals surface area contributed by atoms with Crippen LogP contribution in [0.1, 0.15) is 37.3 Å². The van der Waals surface area contributed by atoms with E-state index in [9.17, 15) is 22.8 Å². The maximum Gasteiger partial charge on any atom is 0.416 e. The first-order valence-corrected chi connectivity index (χ1v) is 8.67. The van der Waals surface area contributed by atoms with Gasteiger partial charge < -0.3 is 14.5 Å². The molecule has 144 valence electrons. The zero-order valence-electron chi connectivity index (χ0n) is 14.7. The smallest absolute Gasteiger partial charge is 0.416 e. The molecule has 2 amide bonds. The topological polar surface area (TPSA) is 49.9 Å². The molecule has 1 saturated heterocycles. The molecule has 2 rings (SSSR count). The molecule has 1 aromatic rings. The monoisotopic (exact) mass is 372 g/mol. The summed E-state index contributed by atoms with van der Waals surface area (Å²) in [4.78, 5) is 27.3. The molecule has 26 heavy (non-hydrogen) atoms. The molecule has 0 unspecified atom stereocenters. The minimum Gasteiger partial charge on any atom is -0.445 e. The van der Waals surface area contributed by atoms with Crippen molar-refractivity contribution in [2.24, 2.45) is 0 Å². The van der Waals surface area contributed by atoms with E-state index in [-0.39, 0.29) is 12.5 Å². The number of piperazine rings is 1. The van der Waals surface area contributed by atoms with E-state index in [0.29, 0.717) is 38.2 Å². The Morgan fingerprint density at radius 3 is 2.15 bits per heavy atom. The lowest BCUT2D eigenvalue weighted by molar-refractivity contribution is -0.137. The summed E-state index contributed by atoms with van der Waals surface area (Å²) < 4.78 is 42.7. The van der Waals surface area contributed by atoms with E-state index < -0.39 is 17.8 Å². The first-order chi connectivity index (χ1) is 12.3. The summed E-state index contributed by atoms with van der Waals surface area (Å²) in [7, 11) is 0. The number of nitrogens with zero attached hydrogens (tertiary/aromatic N) is 2. The van der Waals surface area contributed by atoms with Crippen LogP contribution in [-0.2, 0) is 22.3 Å². The third kappa shape index (κ3) is 5.64. The normalized spacial score (nSPS) is 15.1. The highest BCUT2D eigenvalue weighted by molar-refractivity contribution is 5.76. The fourth-order valence-electron chi connectivity index (χ4n) is 2.65. The van der Waals surface area contributed by atoms with Crippen LogP contribution < -0.4 is 0 Å². The Kier molecular flexibility index (Phi) is 6.88. The Balaban J connectivity index is 1.76. The van der Waals surface area contributed by atoms with Gasteiger partial charge in [-0.3, -0.25) is 4.79 Å². The van der Waals surface area contributed by atoms with E-state index in [4.69, 9.17) is 4.74 Å². The van der Waals surface area contributed by atoms with Gasteiger partial charge in [-0.1, -0.05) is 25.5 Å². The minimum absolute atomic E-state index is 0.0907. The summed E-state index contributed by atoms with van der Waals surface area (Å²) in [6.07, 6.45) is -2.57. The van der Waals surface area contributed by atoms with Crippen molar-refractivity contribution in [2.75, 3.05) is 26.2 Å². The molecule has 0 N–H and O–H groups in total. The highest BCUT2D eigenvalue weighted by atomic mass is 19.4. The van der Waals surface area contributed by atoms with Crippen LogP contribution in [-0.4, -0.2) is 48.0 Å². The van der Waals surface area contributed by atoms with Gasteiger partial charge in [0.05, 0.1) is 5.56 Å². The van der Waals surface area contributed by atoms with Crippen molar-refractivity contribution in [2.45, 2.75) is 39.0 Å². The Labute approximate surface area is 150 Å². The van der Waals surface area contributed by atoms with E-state index in [1.54, 1.807) is 4.90 Å². The Bertz CT molecular complexity index is 609. The second kappa shape index (κ2) is 8.91. The number of benzene rings is 1. The van der Waals surface area contributed by atoms with Gasteiger partial charge in [0.15, 0.2) is 0 Å². The van der Waals surface area contributed by atoms with Crippen molar-refractivity contribution in [3.8, 4) is 0 Å². The Hall–Kier alpha value is -2.25. The largest absolute Gasteiger partial charge is 0.445 e. The van der Waals surface area contributed by atoms with Gasteiger partial charge in [-0.05, 0) is 24.1 Å². The molecule has 0 atom stereocenters. The van der Waals surface area contributed by atoms with Gasteiger partial charge in [-0.2, -0.15) is 13.2 Å². The number of carbonyl (C=O) groups excluding carboxylic acids is 2. The SMILES string of the molecule is CCCCC(=O)N1CCN(C(=O)OCc2ccc(C(F)(F)F)cc2)CC1. The molecule has 5 nitrogen and oxygen atoms in total. The fourth-order valence-corrected chi connectivity index (χ4v) is 2.65. The molecule has 0 aliphatic carbocycles. The van der Waals surface area contributed by atoms with Crippen LogP contribution in [0.5, 0.6) is 0 Å². The van der Waals surface area contributed by atoms with Crippen LogP contribution in [0.4, 0.5) is 18.0 Å². The molecule has 1 fully saturated rings. The van der Waals surface area contributed by atoms with Gasteiger partial charge in [-0.25, -0.2) is 4.79 Å². The predicted molar refractivity (Wildman–Crippen MR) is 89.3 cm³/mol. The van der Waals surface area contributed by atoms with Gasteiger partial charge in [0.25, 0.3) is 0 Å². The lowest BCUT2D eigenvalue weighted by Crippen LogP contribution is -2.50. The van der Waals surface area contributed by atoms with Crippen LogP contribution in [0.3, 0.4) is 0 Å². The molecule has 1 aliphatic heterocycles. The second-order valence-electron chi connectivity index (χ2n) is 6.22. The minimum atomic E-state index is -4.39. The van der Waals surface area contributed by atoms with Crippen molar-refractivity contribution >= 4 is 12.0 Å². The number of ether oxygens (including phenoxy) is 1. The Morgan fingerprint density at radius 1 is 1.04 bits per heavy atom. The molecule has 0 saturated carbocycles. The number of carbonyl (C=O) groups is 2. The maximum atomic E-state index is 12.5. The molecule has 1 aliphatic rings. The number of amides is 2. The van der Waals surface area contributed by atoms with Crippen molar-refractivity contribution in [3.05, 3.63) is 35.4 Å². The number of rotatable bonds is 5. The van der Waals surface area contributed by atoms with Gasteiger partial charge in [0.1, 0.15) is 6.61 Å². The zero-order valence-corrected chi connectivity index (χ0v) is 14.7. The number of hydrogen-bond acceptors (Lipinski definition) is 3. The van der Waals surface area contributed by atoms with E-state index >= 15 is 0 Å². The molecular formula is C18H23F3N2O3. The van der Waals surface area contributed by atoms with Crippen LogP contribution in [0.25, 0.3) is 0 Å². The van der Waals surface area contributed by atoms with Crippen LogP contribution in [0.15, 0.2) is 24.3 Å². The van der Waals surface area contributed by atoms with Gasteiger partial charge in [-0.15, -0.1) is 0 Å². The number of hydrogen-bond donors (Lipinski definition) is 0. The molecule has 1 aromatic carbocycles. The maximum absolute atomic E-state index is 12.5. The van der Waals surface area contributed by atoms with E-state index in [2.05, 4.69) is 0 Å². The number of alkyl halides is 3. The van der Waals surface area contributed by atoms with Crippen molar-refractivity contribution in [1.82, 2.24) is 9.80 Å². The van der Waals surface area contributed by atoms with E-state index in [1.165, 1.54) is 17.0 Å². The molecule has 0 aromatic heterocycles. The number of halogens is 3. The molecule has 0 spiro atoms. The first kappa shape index (κ1) is 20.1. The van der Waals surface area contributed by atoms with E-state index in [0.717, 1.165) is 25.0 Å². The third-order valence-electron chi connectivity index (χ3n) is 4.28. The highest BCUT2D eigenvalue weighted by Crippen LogP contribution is 2.29. The summed E-state index contributed by atoms with van der Waals surface area (Å²) in [5.41, 5.74) is -0.254. The average molecular weight is 372 g/mol. The lowest BCUT2D eigenvalue weighted by atomic mass is 10.1. The second-order valence-corrected chi connectivity index (χ2v) is 6.22. The standard InChI is InChI=1S/C18H23F3N2O3/c1-2-3-4-16(24)22-9-11-23(12-10-22)17(25)26-13-14-5-7-15(8-6-14)18(19,20)21/h5-8H,2-4,9-13H2,1H3. The van der Waals surface area contributed by atoms with E-state index in [1.807, 2.05) is 6.92 Å². The molecule has 1 heterocycles. The zero-order chi connectivity index (χ0) is 19.2. The summed E-state index contributed by atoms with van der Waals surface area (Å²) in [5, 5.41) is 0. The van der Waals surface area contributed by atoms with Crippen molar-refractivity contribution in [1.29, 1.82) is 0 Å². The van der Waals surface area contributed by atoms with Crippen LogP contribution >= 0.6 is 0 Å². The molecule has 8 heteroatoms. The fraction of sp³-hybridized carbons (Fsp3) is 0.556. The molecular weight excluding hydrogens is 349 g/mol. The molecule has 0 radical (unpaired) electrons. The predicted octanol–water partition coefficient (Wildman–Crippen LogP) is 3.68. The van der Waals surface area contributed by atoms with Crippen LogP contribution in [0.2, 0.25) is 0 Å². The quantitative estimate of drug-likeness (QED) is 0.792. The van der Waals surface area contributed by atoms with Crippen LogP contribution in [0, 0.1) is 0 Å². The third-order valence-corrected chi connectivity index (χ3v) is 4.28. The average Bonchev–Trinajstić information content (AvgIpc) is 2.64. The molecule has 0 bridgehead atoms. The Morgan fingerprint density at radius 2 is 1.62 bits per heavy atom. The highest BCUT2D eigenvalue weighted by Gasteiger charge is 2.30. The van der Waals surface area contributed by atoms with Gasteiger partial charge in [0.2, 0.25) is 5.91 Å². The van der Waals surface area contributed by atoms with Gasteiger partial charge in [0, 0.05) is 32.6 Å². The lowest BCUT2D eigenvalue weighted by Gasteiger charge is -2.34. The van der Waals surface area contributed by atoms with Crippen molar-refractivity contribution < 1.29 is 27.5 Å². The number of unbranched alkanes of at least 4 members (excludes halogenated alkanes) is 1. The summed E-state index contributed by atoms with van der Waals surface area (Å²) in [6, 6.07) is 4.51. The van der Waals surface area contributed by atoms with Gasteiger partial charge >= 0.3 is 12.3 Å². The summed E-state index contributed by atoms with van der Waals surface area (Å²) >= 11 is 0. The van der Waals surface area contributed by atoms with Crippen molar-refractivity contribution in [3.63, 3.8) is 0 Å². The first-order valence-electron chi connectivity index (χ1n) is 8.67. The summed E-state index contributed by atoms with van der Waals surface area (Å²) in [5.74, 6) is 0.102.